The fraction of sp³-hybridized carbons (Fsp3) is 0.192. The van der Waals surface area contributed by atoms with Crippen LogP contribution in [0.5, 0.6) is 11.6 Å². The van der Waals surface area contributed by atoms with Gasteiger partial charge in [0.2, 0.25) is 17.7 Å². The van der Waals surface area contributed by atoms with Crippen LogP contribution < -0.4 is 15.0 Å². The van der Waals surface area contributed by atoms with Gasteiger partial charge in [0.1, 0.15) is 24.2 Å². The minimum Gasteiger partial charge on any atom is -0.439 e. The van der Waals surface area contributed by atoms with Crippen LogP contribution in [0.4, 0.5) is 11.4 Å². The fourth-order valence-electron chi connectivity index (χ4n) is 3.97. The molecule has 10 heteroatoms. The molecule has 2 aromatic carbocycles. The first-order valence-electron chi connectivity index (χ1n) is 11.3. The van der Waals surface area contributed by atoms with Gasteiger partial charge in [0, 0.05) is 41.1 Å². The molecule has 182 valence electrons. The van der Waals surface area contributed by atoms with Crippen molar-refractivity contribution >= 4 is 34.8 Å². The van der Waals surface area contributed by atoms with Crippen LogP contribution in [-0.4, -0.2) is 37.9 Å². The number of anilines is 2. The summed E-state index contributed by atoms with van der Waals surface area (Å²) in [5.74, 6) is 0.849. The van der Waals surface area contributed by atoms with Crippen LogP contribution in [0.25, 0.3) is 5.82 Å². The van der Waals surface area contributed by atoms with Crippen LogP contribution in [0.15, 0.2) is 67.3 Å². The van der Waals surface area contributed by atoms with Crippen molar-refractivity contribution in [3.8, 4) is 17.4 Å². The third kappa shape index (κ3) is 4.92. The van der Waals surface area contributed by atoms with Gasteiger partial charge in [0.15, 0.2) is 0 Å². The summed E-state index contributed by atoms with van der Waals surface area (Å²) in [6.45, 7) is 4.22. The summed E-state index contributed by atoms with van der Waals surface area (Å²) in [6.07, 6.45) is 3.30. The van der Waals surface area contributed by atoms with Crippen LogP contribution in [0, 0.1) is 19.8 Å². The minimum absolute atomic E-state index is 0.0912. The van der Waals surface area contributed by atoms with Crippen LogP contribution >= 0.6 is 11.6 Å². The third-order valence-corrected chi connectivity index (χ3v) is 6.36. The molecule has 5 rings (SSSR count). The number of benzene rings is 2. The molecule has 9 nitrogen and oxygen atoms in total. The van der Waals surface area contributed by atoms with Crippen molar-refractivity contribution in [1.82, 2.24) is 19.5 Å². The molecule has 0 radical (unpaired) electrons. The van der Waals surface area contributed by atoms with Crippen molar-refractivity contribution in [2.45, 2.75) is 20.3 Å². The number of nitrogens with zero attached hydrogens (tertiary/aromatic N) is 5. The number of carbonyl (C=O) groups excluding carboxylic acids is 2. The quantitative estimate of drug-likeness (QED) is 0.409. The van der Waals surface area contributed by atoms with Gasteiger partial charge in [0.05, 0.1) is 11.6 Å². The van der Waals surface area contributed by atoms with Crippen LogP contribution in [0.3, 0.4) is 0 Å². The van der Waals surface area contributed by atoms with E-state index in [1.807, 2.05) is 18.4 Å². The van der Waals surface area contributed by atoms with Gasteiger partial charge in [-0.3, -0.25) is 14.2 Å². The van der Waals surface area contributed by atoms with Crippen molar-refractivity contribution < 1.29 is 14.3 Å². The molecule has 1 saturated heterocycles. The maximum atomic E-state index is 12.8. The van der Waals surface area contributed by atoms with Gasteiger partial charge in [-0.1, -0.05) is 11.6 Å². The summed E-state index contributed by atoms with van der Waals surface area (Å²) in [7, 11) is 0. The first-order chi connectivity index (χ1) is 17.4. The van der Waals surface area contributed by atoms with Gasteiger partial charge in [-0.15, -0.1) is 0 Å². The second-order valence-electron chi connectivity index (χ2n) is 8.50. The van der Waals surface area contributed by atoms with Gasteiger partial charge >= 0.3 is 0 Å². The molecule has 36 heavy (non-hydrogen) atoms. The van der Waals surface area contributed by atoms with E-state index in [2.05, 4.69) is 20.3 Å². The van der Waals surface area contributed by atoms with Crippen molar-refractivity contribution in [2.24, 2.45) is 5.92 Å². The summed E-state index contributed by atoms with van der Waals surface area (Å²) in [5, 5.41) is 3.48. The highest BCUT2D eigenvalue weighted by Crippen LogP contribution is 2.28. The van der Waals surface area contributed by atoms with E-state index in [1.165, 1.54) is 6.33 Å². The zero-order chi connectivity index (χ0) is 25.2. The van der Waals surface area contributed by atoms with Crippen LogP contribution in [0.1, 0.15) is 17.8 Å². The predicted molar refractivity (Wildman–Crippen MR) is 136 cm³/mol. The second kappa shape index (κ2) is 9.79. The lowest BCUT2D eigenvalue weighted by atomic mass is 10.1. The third-order valence-electron chi connectivity index (χ3n) is 6.10. The number of ether oxygens (including phenoxy) is 1. The molecule has 3 heterocycles. The molecular weight excluding hydrogens is 480 g/mol. The molecule has 1 aliphatic heterocycles. The standard InChI is InChI=1S/C26H23ClN6O3/c1-16-17(2)33(15-30-16)23-12-24(29-14-28-23)36-22-9-5-20(6-10-22)31-26(35)18-11-25(34)32(13-18)21-7-3-19(27)4-8-21/h3-10,12,14-15,18H,11,13H2,1-2H3,(H,31,35). The number of aromatic nitrogens is 4. The lowest BCUT2D eigenvalue weighted by molar-refractivity contribution is -0.122. The molecule has 0 aliphatic carbocycles. The van der Waals surface area contributed by atoms with Gasteiger partial charge in [-0.2, -0.15) is 0 Å². The molecule has 2 amide bonds. The number of halogens is 1. The smallest absolute Gasteiger partial charge is 0.229 e. The number of aryl methyl sites for hydroxylation is 1. The number of carbonyl (C=O) groups is 2. The molecule has 2 aromatic heterocycles. The lowest BCUT2D eigenvalue weighted by Gasteiger charge is -2.17. The molecule has 0 spiro atoms. The summed E-state index contributed by atoms with van der Waals surface area (Å²) in [5.41, 5.74) is 3.25. The number of rotatable bonds is 6. The van der Waals surface area contributed by atoms with Crippen molar-refractivity contribution in [3.05, 3.63) is 83.7 Å². The highest BCUT2D eigenvalue weighted by molar-refractivity contribution is 6.30. The van der Waals surface area contributed by atoms with E-state index in [-0.39, 0.29) is 18.2 Å². The largest absolute Gasteiger partial charge is 0.439 e. The zero-order valence-electron chi connectivity index (χ0n) is 19.7. The molecule has 1 N–H and O–H groups in total. The molecule has 1 fully saturated rings. The highest BCUT2D eigenvalue weighted by Gasteiger charge is 2.35. The monoisotopic (exact) mass is 502 g/mol. The highest BCUT2D eigenvalue weighted by atomic mass is 35.5. The number of nitrogens with one attached hydrogen (secondary N) is 1. The Kier molecular flexibility index (Phi) is 6.39. The van der Waals surface area contributed by atoms with E-state index < -0.39 is 5.92 Å². The minimum atomic E-state index is -0.446. The molecule has 0 bridgehead atoms. The summed E-state index contributed by atoms with van der Waals surface area (Å²) < 4.78 is 7.74. The molecule has 1 atom stereocenters. The average molecular weight is 503 g/mol. The van der Waals surface area contributed by atoms with E-state index in [0.29, 0.717) is 34.7 Å². The summed E-state index contributed by atoms with van der Waals surface area (Å²) in [6, 6.07) is 15.7. The molecular formula is C26H23ClN6O3. The van der Waals surface area contributed by atoms with Crippen LogP contribution in [0.2, 0.25) is 5.02 Å². The van der Waals surface area contributed by atoms with E-state index in [4.69, 9.17) is 16.3 Å². The van der Waals surface area contributed by atoms with Crippen molar-refractivity contribution in [2.75, 3.05) is 16.8 Å². The SMILES string of the molecule is Cc1ncn(-c2cc(Oc3ccc(NC(=O)C4CC(=O)N(c5ccc(Cl)cc5)C4)cc3)ncn2)c1C. The number of hydrogen-bond acceptors (Lipinski definition) is 6. The van der Waals surface area contributed by atoms with Crippen molar-refractivity contribution in [1.29, 1.82) is 0 Å². The number of amides is 2. The lowest BCUT2D eigenvalue weighted by Crippen LogP contribution is -2.28. The van der Waals surface area contributed by atoms with E-state index >= 15 is 0 Å². The molecule has 1 unspecified atom stereocenters. The van der Waals surface area contributed by atoms with Gasteiger partial charge in [0.25, 0.3) is 0 Å². The van der Waals surface area contributed by atoms with E-state index in [1.54, 1.807) is 65.8 Å². The van der Waals surface area contributed by atoms with Gasteiger partial charge in [-0.05, 0) is 62.4 Å². The van der Waals surface area contributed by atoms with Gasteiger partial charge < -0.3 is 15.0 Å². The Morgan fingerprint density at radius 3 is 2.50 bits per heavy atom. The summed E-state index contributed by atoms with van der Waals surface area (Å²) >= 11 is 5.93. The molecule has 1 aliphatic rings. The van der Waals surface area contributed by atoms with E-state index in [0.717, 1.165) is 17.1 Å². The Labute approximate surface area is 212 Å². The Morgan fingerprint density at radius 2 is 1.81 bits per heavy atom. The maximum absolute atomic E-state index is 12.8. The Morgan fingerprint density at radius 1 is 1.06 bits per heavy atom. The normalized spacial score (nSPS) is 15.2. The second-order valence-corrected chi connectivity index (χ2v) is 8.93. The summed E-state index contributed by atoms with van der Waals surface area (Å²) in [4.78, 5) is 39.6. The fourth-order valence-corrected chi connectivity index (χ4v) is 4.10. The number of imidazole rings is 1. The van der Waals surface area contributed by atoms with Crippen LogP contribution in [-0.2, 0) is 9.59 Å². The first kappa shape index (κ1) is 23.5. The zero-order valence-corrected chi connectivity index (χ0v) is 20.4. The van der Waals surface area contributed by atoms with E-state index in [9.17, 15) is 9.59 Å². The Bertz CT molecular complexity index is 1420. The Balaban J connectivity index is 1.21. The Hall–Kier alpha value is -4.24. The average Bonchev–Trinajstić information content (AvgIpc) is 3.43. The van der Waals surface area contributed by atoms with Crippen molar-refractivity contribution in [3.63, 3.8) is 0 Å². The van der Waals surface area contributed by atoms with Gasteiger partial charge in [-0.25, -0.2) is 15.0 Å². The predicted octanol–water partition coefficient (Wildman–Crippen LogP) is 4.72. The molecule has 4 aromatic rings. The first-order valence-corrected chi connectivity index (χ1v) is 11.7. The topological polar surface area (TPSA) is 102 Å². The molecule has 0 saturated carbocycles. The maximum Gasteiger partial charge on any atom is 0.229 e. The number of hydrogen-bond donors (Lipinski definition) is 1.